The molecule has 0 aliphatic rings. The normalized spacial score (nSPS) is 12.4. The molecule has 1 atom stereocenters. The Labute approximate surface area is 128 Å². The summed E-state index contributed by atoms with van der Waals surface area (Å²) >= 11 is 0. The second-order valence-electron chi connectivity index (χ2n) is 5.42. The molecule has 0 spiro atoms. The molecule has 0 aliphatic carbocycles. The summed E-state index contributed by atoms with van der Waals surface area (Å²) in [5, 5.41) is 18.2. The number of rotatable bonds is 6. The van der Waals surface area contributed by atoms with Crippen LogP contribution < -0.4 is 5.32 Å². The molecule has 2 aromatic rings. The molecule has 2 aromatic heterocycles. The lowest BCUT2D eigenvalue weighted by Crippen LogP contribution is -2.27. The van der Waals surface area contributed by atoms with Gasteiger partial charge in [-0.15, -0.1) is 0 Å². The van der Waals surface area contributed by atoms with Crippen molar-refractivity contribution in [2.24, 2.45) is 7.05 Å². The Morgan fingerprint density at radius 2 is 2.18 bits per heavy atom. The van der Waals surface area contributed by atoms with E-state index >= 15 is 0 Å². The van der Waals surface area contributed by atoms with E-state index in [-0.39, 0.29) is 11.7 Å². The summed E-state index contributed by atoms with van der Waals surface area (Å²) < 4.78 is 1.77. The Kier molecular flexibility index (Phi) is 4.71. The second kappa shape index (κ2) is 6.52. The lowest BCUT2D eigenvalue weighted by molar-refractivity contribution is -0.385. The van der Waals surface area contributed by atoms with Crippen molar-refractivity contribution in [3.63, 3.8) is 0 Å². The van der Waals surface area contributed by atoms with Gasteiger partial charge in [0.1, 0.15) is 12.0 Å². The van der Waals surface area contributed by atoms with Gasteiger partial charge in [0.2, 0.25) is 0 Å². The summed E-state index contributed by atoms with van der Waals surface area (Å²) in [6.45, 7) is 2.43. The third-order valence-electron chi connectivity index (χ3n) is 3.47. The van der Waals surface area contributed by atoms with Crippen LogP contribution in [0.4, 0.5) is 11.5 Å². The lowest BCUT2D eigenvalue weighted by Gasteiger charge is -2.24. The van der Waals surface area contributed by atoms with Gasteiger partial charge >= 0.3 is 0 Å². The fraction of sp³-hybridized carbons (Fsp3) is 0.429. The summed E-state index contributed by atoms with van der Waals surface area (Å²) in [5.41, 5.74) is 1.84. The highest BCUT2D eigenvalue weighted by Crippen LogP contribution is 2.21. The molecule has 2 heterocycles. The molecular formula is C14H20N6O2. The van der Waals surface area contributed by atoms with Gasteiger partial charge in [0, 0.05) is 31.4 Å². The van der Waals surface area contributed by atoms with E-state index in [1.165, 1.54) is 12.3 Å². The van der Waals surface area contributed by atoms with Gasteiger partial charge in [0.25, 0.3) is 5.69 Å². The van der Waals surface area contributed by atoms with Crippen LogP contribution in [0.25, 0.3) is 0 Å². The molecule has 0 fully saturated rings. The minimum Gasteiger partial charge on any atom is -0.368 e. The average Bonchev–Trinajstić information content (AvgIpc) is 2.86. The Morgan fingerprint density at radius 3 is 2.68 bits per heavy atom. The second-order valence-corrected chi connectivity index (χ2v) is 5.42. The van der Waals surface area contributed by atoms with Crippen LogP contribution in [0.15, 0.2) is 24.7 Å². The van der Waals surface area contributed by atoms with Gasteiger partial charge in [-0.3, -0.25) is 14.8 Å². The topological polar surface area (TPSA) is 89.1 Å². The number of aromatic nitrogens is 3. The van der Waals surface area contributed by atoms with E-state index in [0.717, 1.165) is 11.1 Å². The van der Waals surface area contributed by atoms with Crippen molar-refractivity contribution in [3.8, 4) is 0 Å². The van der Waals surface area contributed by atoms with Crippen molar-refractivity contribution in [1.29, 1.82) is 0 Å². The number of anilines is 1. The Bertz CT molecular complexity index is 667. The number of hydrogen-bond donors (Lipinski definition) is 1. The SMILES string of the molecule is Cc1cc([N+](=O)[O-])cnc1NCC(c1cnn(C)c1)N(C)C. The van der Waals surface area contributed by atoms with E-state index in [4.69, 9.17) is 0 Å². The summed E-state index contributed by atoms with van der Waals surface area (Å²) in [6, 6.07) is 1.65. The minimum absolute atomic E-state index is 0.000492. The number of nitro groups is 1. The first-order chi connectivity index (χ1) is 10.4. The van der Waals surface area contributed by atoms with Crippen molar-refractivity contribution in [3.05, 3.63) is 45.9 Å². The Hall–Kier alpha value is -2.48. The monoisotopic (exact) mass is 304 g/mol. The summed E-state index contributed by atoms with van der Waals surface area (Å²) in [6.07, 6.45) is 5.08. The number of aryl methyl sites for hydroxylation is 2. The van der Waals surface area contributed by atoms with Gasteiger partial charge < -0.3 is 10.2 Å². The molecule has 0 aliphatic heterocycles. The standard InChI is InChI=1S/C14H20N6O2/c1-10-5-12(20(21)22)7-15-14(10)16-8-13(18(2)3)11-6-17-19(4)9-11/h5-7,9,13H,8H2,1-4H3,(H,15,16). The van der Waals surface area contributed by atoms with Crippen LogP contribution in [0.5, 0.6) is 0 Å². The zero-order valence-electron chi connectivity index (χ0n) is 13.1. The Morgan fingerprint density at radius 1 is 1.45 bits per heavy atom. The van der Waals surface area contributed by atoms with Crippen LogP contribution in [0.3, 0.4) is 0 Å². The van der Waals surface area contributed by atoms with E-state index in [1.807, 2.05) is 33.5 Å². The quantitative estimate of drug-likeness (QED) is 0.646. The third kappa shape index (κ3) is 3.59. The van der Waals surface area contributed by atoms with Crippen molar-refractivity contribution < 1.29 is 4.92 Å². The van der Waals surface area contributed by atoms with Crippen LogP contribution in [0.1, 0.15) is 17.2 Å². The van der Waals surface area contributed by atoms with Gasteiger partial charge in [-0.05, 0) is 26.6 Å². The number of nitrogens with zero attached hydrogens (tertiary/aromatic N) is 5. The first-order valence-corrected chi connectivity index (χ1v) is 6.88. The van der Waals surface area contributed by atoms with Gasteiger partial charge in [0.15, 0.2) is 0 Å². The van der Waals surface area contributed by atoms with Crippen molar-refractivity contribution in [2.45, 2.75) is 13.0 Å². The van der Waals surface area contributed by atoms with Crippen molar-refractivity contribution >= 4 is 11.5 Å². The van der Waals surface area contributed by atoms with Crippen LogP contribution in [-0.4, -0.2) is 45.2 Å². The summed E-state index contributed by atoms with van der Waals surface area (Å²) in [4.78, 5) is 16.5. The molecule has 0 amide bonds. The number of pyridine rings is 1. The first kappa shape index (κ1) is 15.9. The molecule has 0 bridgehead atoms. The maximum absolute atomic E-state index is 10.7. The molecule has 8 heteroatoms. The van der Waals surface area contributed by atoms with E-state index in [0.29, 0.717) is 12.4 Å². The molecule has 22 heavy (non-hydrogen) atoms. The lowest BCUT2D eigenvalue weighted by atomic mass is 10.1. The zero-order valence-corrected chi connectivity index (χ0v) is 13.1. The van der Waals surface area contributed by atoms with Gasteiger partial charge in [-0.2, -0.15) is 5.10 Å². The molecule has 1 N–H and O–H groups in total. The largest absolute Gasteiger partial charge is 0.368 e. The summed E-state index contributed by atoms with van der Waals surface area (Å²) in [7, 11) is 5.87. The van der Waals surface area contributed by atoms with Crippen LogP contribution >= 0.6 is 0 Å². The van der Waals surface area contributed by atoms with Crippen LogP contribution in [-0.2, 0) is 7.05 Å². The van der Waals surface area contributed by atoms with Gasteiger partial charge in [-0.1, -0.05) is 0 Å². The third-order valence-corrected chi connectivity index (χ3v) is 3.47. The highest BCUT2D eigenvalue weighted by Gasteiger charge is 2.17. The Balaban J connectivity index is 2.11. The molecule has 118 valence electrons. The highest BCUT2D eigenvalue weighted by atomic mass is 16.6. The first-order valence-electron chi connectivity index (χ1n) is 6.88. The van der Waals surface area contributed by atoms with Crippen LogP contribution in [0.2, 0.25) is 0 Å². The minimum atomic E-state index is -0.442. The fourth-order valence-corrected chi connectivity index (χ4v) is 2.25. The highest BCUT2D eigenvalue weighted by molar-refractivity contribution is 5.48. The maximum atomic E-state index is 10.7. The number of hydrogen-bond acceptors (Lipinski definition) is 6. The van der Waals surface area contributed by atoms with Crippen molar-refractivity contribution in [1.82, 2.24) is 19.7 Å². The fourth-order valence-electron chi connectivity index (χ4n) is 2.25. The van der Waals surface area contributed by atoms with E-state index in [2.05, 4.69) is 20.3 Å². The van der Waals surface area contributed by atoms with E-state index < -0.39 is 4.92 Å². The molecule has 8 nitrogen and oxygen atoms in total. The number of nitrogens with one attached hydrogen (secondary N) is 1. The molecule has 0 aromatic carbocycles. The molecular weight excluding hydrogens is 284 g/mol. The maximum Gasteiger partial charge on any atom is 0.287 e. The molecule has 1 unspecified atom stereocenters. The summed E-state index contributed by atoms with van der Waals surface area (Å²) in [5.74, 6) is 0.654. The molecule has 0 saturated heterocycles. The molecule has 0 saturated carbocycles. The number of likely N-dealkylation sites (N-methyl/N-ethyl adjacent to an activating group) is 1. The smallest absolute Gasteiger partial charge is 0.287 e. The predicted molar refractivity (Wildman–Crippen MR) is 83.8 cm³/mol. The van der Waals surface area contributed by atoms with E-state index in [1.54, 1.807) is 11.6 Å². The van der Waals surface area contributed by atoms with Gasteiger partial charge in [-0.25, -0.2) is 4.98 Å². The van der Waals surface area contributed by atoms with Crippen molar-refractivity contribution in [2.75, 3.05) is 26.0 Å². The van der Waals surface area contributed by atoms with Gasteiger partial charge in [0.05, 0.1) is 17.2 Å². The zero-order chi connectivity index (χ0) is 16.3. The molecule has 0 radical (unpaired) electrons. The molecule has 2 rings (SSSR count). The predicted octanol–water partition coefficient (Wildman–Crippen LogP) is 1.75. The average molecular weight is 304 g/mol. The van der Waals surface area contributed by atoms with E-state index in [9.17, 15) is 10.1 Å². The van der Waals surface area contributed by atoms with Crippen LogP contribution in [0, 0.1) is 17.0 Å².